The first-order valence-electron chi connectivity index (χ1n) is 14.5. The van der Waals surface area contributed by atoms with Crippen molar-refractivity contribution in [1.82, 2.24) is 0 Å². The Morgan fingerprint density at radius 2 is 1.66 bits per heavy atom. The van der Waals surface area contributed by atoms with E-state index in [4.69, 9.17) is 4.74 Å². The smallest absolute Gasteiger partial charge is 0.109 e. The largest absolute Gasteiger partial charge is 0.390 e. The summed E-state index contributed by atoms with van der Waals surface area (Å²) < 4.78 is 6.11. The van der Waals surface area contributed by atoms with Crippen molar-refractivity contribution in [3.63, 3.8) is 0 Å². The third-order valence-corrected chi connectivity index (χ3v) is 11.2. The highest BCUT2D eigenvalue weighted by molar-refractivity contribution is 5.33. The van der Waals surface area contributed by atoms with Crippen LogP contribution >= 0.6 is 0 Å². The highest BCUT2D eigenvalue weighted by Crippen LogP contribution is 2.68. The second kappa shape index (κ2) is 9.10. The molecule has 0 heterocycles. The van der Waals surface area contributed by atoms with Gasteiger partial charge in [-0.05, 0) is 138 Å². The highest BCUT2D eigenvalue weighted by Gasteiger charge is 2.62. The minimum Gasteiger partial charge on any atom is -0.390 e. The van der Waals surface area contributed by atoms with Gasteiger partial charge in [0.25, 0.3) is 0 Å². The van der Waals surface area contributed by atoms with E-state index in [9.17, 15) is 15.3 Å². The Balaban J connectivity index is 1.53. The van der Waals surface area contributed by atoms with Gasteiger partial charge in [0.1, 0.15) is 5.60 Å². The van der Waals surface area contributed by atoms with Gasteiger partial charge in [-0.1, -0.05) is 26.8 Å². The lowest BCUT2D eigenvalue weighted by molar-refractivity contribution is -0.154. The van der Waals surface area contributed by atoms with Crippen LogP contribution in [0.1, 0.15) is 113 Å². The molecule has 0 aliphatic heterocycles. The molecule has 4 rings (SSSR count). The summed E-state index contributed by atoms with van der Waals surface area (Å²) in [5, 5.41) is 32.2. The number of fused-ring (bicyclic) bond motifs is 5. The van der Waals surface area contributed by atoms with E-state index in [1.54, 1.807) is 13.8 Å². The number of hydrogen-bond acceptors (Lipinski definition) is 4. The molecular formula is C31H54O4. The van der Waals surface area contributed by atoms with Crippen LogP contribution in [-0.4, -0.2) is 44.8 Å². The van der Waals surface area contributed by atoms with Crippen LogP contribution in [0.3, 0.4) is 0 Å². The van der Waals surface area contributed by atoms with Crippen LogP contribution in [0.15, 0.2) is 11.6 Å². The number of hydrogen-bond donors (Lipinski definition) is 3. The van der Waals surface area contributed by atoms with Gasteiger partial charge in [0, 0.05) is 0 Å². The van der Waals surface area contributed by atoms with Crippen molar-refractivity contribution in [2.45, 2.75) is 136 Å². The molecule has 0 aromatic carbocycles. The maximum absolute atomic E-state index is 11.8. The Labute approximate surface area is 214 Å². The number of aliphatic hydroxyl groups is 3. The van der Waals surface area contributed by atoms with Gasteiger partial charge in [-0.15, -0.1) is 0 Å². The molecule has 4 aliphatic carbocycles. The van der Waals surface area contributed by atoms with Gasteiger partial charge < -0.3 is 20.1 Å². The van der Waals surface area contributed by atoms with Crippen molar-refractivity contribution in [2.24, 2.45) is 40.4 Å². The van der Waals surface area contributed by atoms with Gasteiger partial charge in [0.15, 0.2) is 0 Å². The van der Waals surface area contributed by atoms with Crippen LogP contribution in [0.25, 0.3) is 0 Å². The molecule has 0 radical (unpaired) electrons. The summed E-state index contributed by atoms with van der Waals surface area (Å²) in [6.45, 7) is 17.1. The van der Waals surface area contributed by atoms with E-state index in [0.29, 0.717) is 23.2 Å². The fourth-order valence-corrected chi connectivity index (χ4v) is 9.39. The second-order valence-corrected chi connectivity index (χ2v) is 15.0. The van der Waals surface area contributed by atoms with E-state index in [1.165, 1.54) is 31.3 Å². The van der Waals surface area contributed by atoms with E-state index in [1.807, 2.05) is 20.8 Å². The summed E-state index contributed by atoms with van der Waals surface area (Å²) in [6, 6.07) is 0. The molecular weight excluding hydrogens is 436 g/mol. The number of allylic oxidation sites excluding steroid dienone is 1. The molecule has 202 valence electrons. The predicted octanol–water partition coefficient (Wildman–Crippen LogP) is 6.27. The van der Waals surface area contributed by atoms with Gasteiger partial charge in [-0.25, -0.2) is 0 Å². The average molecular weight is 491 g/mol. The molecule has 3 N–H and O–H groups in total. The second-order valence-electron chi connectivity index (χ2n) is 15.0. The first-order valence-corrected chi connectivity index (χ1v) is 14.5. The van der Waals surface area contributed by atoms with Crippen molar-refractivity contribution < 1.29 is 20.1 Å². The lowest BCUT2D eigenvalue weighted by Crippen LogP contribution is -2.58. The zero-order valence-corrected chi connectivity index (χ0v) is 23.9. The molecule has 3 fully saturated rings. The summed E-state index contributed by atoms with van der Waals surface area (Å²) in [5.41, 5.74) is -0.802. The molecule has 4 nitrogen and oxygen atoms in total. The molecule has 0 aromatic rings. The quantitative estimate of drug-likeness (QED) is 0.368. The summed E-state index contributed by atoms with van der Waals surface area (Å²) in [6.07, 6.45) is 12.3. The molecule has 0 amide bonds. The first-order chi connectivity index (χ1) is 16.0. The SMILES string of the molecule is C[C@H](CCC(C)(C)O)[C@H]1CC[C@H]2[C@@H]3CC=C4[C@](C)(O)[C@@H](OCC(C)(C)O)CC[C@]4(C)[C@H]3CC[C@]12C. The molecule has 0 aromatic heterocycles. The maximum Gasteiger partial charge on any atom is 0.109 e. The number of rotatable bonds is 7. The standard InChI is InChI=1S/C31H54O4/c1-20(13-16-27(2,3)32)22-10-11-23-21-9-12-25-30(7,24(21)14-17-29(22,23)6)18-15-26(31(25,8)34)35-19-28(4,5)33/h12,20-24,26,32-34H,9-11,13-19H2,1-8H3/t20-,21+,22-,23+,24+,26+,29-,30-,31+/m1/s1. The van der Waals surface area contributed by atoms with E-state index in [2.05, 4.69) is 26.8 Å². The molecule has 35 heavy (non-hydrogen) atoms. The van der Waals surface area contributed by atoms with Crippen molar-refractivity contribution >= 4 is 0 Å². The summed E-state index contributed by atoms with van der Waals surface area (Å²) in [4.78, 5) is 0. The zero-order chi connectivity index (χ0) is 26.0. The predicted molar refractivity (Wildman–Crippen MR) is 142 cm³/mol. The zero-order valence-electron chi connectivity index (χ0n) is 23.9. The summed E-state index contributed by atoms with van der Waals surface area (Å²) in [5.74, 6) is 3.51. The Morgan fingerprint density at radius 1 is 0.971 bits per heavy atom. The minimum absolute atomic E-state index is 0.0347. The normalized spacial score (nSPS) is 44.8. The van der Waals surface area contributed by atoms with E-state index in [-0.39, 0.29) is 18.1 Å². The van der Waals surface area contributed by atoms with Crippen LogP contribution in [0, 0.1) is 40.4 Å². The van der Waals surface area contributed by atoms with E-state index < -0.39 is 16.8 Å². The van der Waals surface area contributed by atoms with Gasteiger partial charge in [0.2, 0.25) is 0 Å². The topological polar surface area (TPSA) is 69.9 Å². The minimum atomic E-state index is -0.978. The van der Waals surface area contributed by atoms with Crippen molar-refractivity contribution in [1.29, 1.82) is 0 Å². The monoisotopic (exact) mass is 490 g/mol. The van der Waals surface area contributed by atoms with Crippen LogP contribution in [0.5, 0.6) is 0 Å². The Kier molecular flexibility index (Phi) is 7.18. The summed E-state index contributed by atoms with van der Waals surface area (Å²) >= 11 is 0. The van der Waals surface area contributed by atoms with E-state index >= 15 is 0 Å². The Morgan fingerprint density at radius 3 is 2.29 bits per heavy atom. The molecule has 0 spiro atoms. The Hall–Kier alpha value is -0.420. The maximum atomic E-state index is 11.8. The van der Waals surface area contributed by atoms with Gasteiger partial charge >= 0.3 is 0 Å². The van der Waals surface area contributed by atoms with Crippen molar-refractivity contribution in [3.8, 4) is 0 Å². The molecule has 0 bridgehead atoms. The molecule has 0 saturated heterocycles. The molecule has 9 atom stereocenters. The number of ether oxygens (including phenoxy) is 1. The molecule has 4 heteroatoms. The average Bonchev–Trinajstić information content (AvgIpc) is 3.07. The van der Waals surface area contributed by atoms with Crippen LogP contribution < -0.4 is 0 Å². The van der Waals surface area contributed by atoms with Crippen molar-refractivity contribution in [3.05, 3.63) is 11.6 Å². The lowest BCUT2D eigenvalue weighted by Gasteiger charge is -2.61. The lowest BCUT2D eigenvalue weighted by atomic mass is 9.45. The fourth-order valence-electron chi connectivity index (χ4n) is 9.39. The fraction of sp³-hybridized carbons (Fsp3) is 0.935. The molecule has 3 saturated carbocycles. The first kappa shape index (κ1) is 27.6. The van der Waals surface area contributed by atoms with Gasteiger partial charge in [-0.3, -0.25) is 0 Å². The molecule has 4 aliphatic rings. The van der Waals surface area contributed by atoms with Crippen LogP contribution in [0.4, 0.5) is 0 Å². The molecule has 0 unspecified atom stereocenters. The van der Waals surface area contributed by atoms with E-state index in [0.717, 1.165) is 43.9 Å². The van der Waals surface area contributed by atoms with Crippen LogP contribution in [-0.2, 0) is 4.74 Å². The highest BCUT2D eigenvalue weighted by atomic mass is 16.5. The summed E-state index contributed by atoms with van der Waals surface area (Å²) in [7, 11) is 0. The van der Waals surface area contributed by atoms with Gasteiger partial charge in [-0.2, -0.15) is 0 Å². The third kappa shape index (κ3) is 5.03. The van der Waals surface area contributed by atoms with Crippen LogP contribution in [0.2, 0.25) is 0 Å². The Bertz CT molecular complexity index is 802. The van der Waals surface area contributed by atoms with Gasteiger partial charge in [0.05, 0.1) is 23.9 Å². The van der Waals surface area contributed by atoms with Crippen molar-refractivity contribution in [2.75, 3.05) is 6.61 Å². The third-order valence-electron chi connectivity index (χ3n) is 11.2.